The lowest BCUT2D eigenvalue weighted by Crippen LogP contribution is -2.48. The van der Waals surface area contributed by atoms with Crippen molar-refractivity contribution in [3.05, 3.63) is 0 Å². The summed E-state index contributed by atoms with van der Waals surface area (Å²) in [5, 5.41) is 0. The van der Waals surface area contributed by atoms with Crippen LogP contribution >= 0.6 is 0 Å². The Bertz CT molecular complexity index is 539. The van der Waals surface area contributed by atoms with Gasteiger partial charge in [-0.15, -0.1) is 0 Å². The van der Waals surface area contributed by atoms with Gasteiger partial charge < -0.3 is 24.1 Å². The maximum atomic E-state index is 12.5. The summed E-state index contributed by atoms with van der Waals surface area (Å²) in [6, 6.07) is 0. The third kappa shape index (κ3) is 13.9. The van der Waals surface area contributed by atoms with Gasteiger partial charge in [-0.1, -0.05) is 13.3 Å². The number of esters is 1. The molecule has 1 fully saturated rings. The first-order valence-electron chi connectivity index (χ1n) is 12.3. The zero-order valence-electron chi connectivity index (χ0n) is 20.9. The normalized spacial score (nSPS) is 19.1. The molecule has 0 aromatic rings. The summed E-state index contributed by atoms with van der Waals surface area (Å²) in [6.45, 7) is 17.2. The van der Waals surface area contributed by atoms with E-state index in [0.29, 0.717) is 19.5 Å². The summed E-state index contributed by atoms with van der Waals surface area (Å²) in [5.74, 6) is -0.218. The van der Waals surface area contributed by atoms with Crippen LogP contribution in [0.25, 0.3) is 0 Å². The van der Waals surface area contributed by atoms with Gasteiger partial charge in [-0.3, -0.25) is 14.6 Å². The van der Waals surface area contributed by atoms with Crippen molar-refractivity contribution in [1.82, 2.24) is 19.6 Å². The second-order valence-corrected chi connectivity index (χ2v) is 9.68. The molecule has 1 saturated heterocycles. The Labute approximate surface area is 195 Å². The van der Waals surface area contributed by atoms with E-state index >= 15 is 0 Å². The molecule has 0 amide bonds. The summed E-state index contributed by atoms with van der Waals surface area (Å²) >= 11 is 0. The summed E-state index contributed by atoms with van der Waals surface area (Å²) < 4.78 is 5.54. The quantitative estimate of drug-likeness (QED) is 0.264. The highest BCUT2D eigenvalue weighted by Gasteiger charge is 2.21. The van der Waals surface area contributed by atoms with Gasteiger partial charge in [0.2, 0.25) is 0 Å². The molecule has 32 heavy (non-hydrogen) atoms. The molecule has 8 nitrogen and oxygen atoms in total. The molecule has 0 aromatic heterocycles. The van der Waals surface area contributed by atoms with Crippen molar-refractivity contribution in [3.8, 4) is 0 Å². The minimum atomic E-state index is -0.504. The van der Waals surface area contributed by atoms with Crippen LogP contribution in [0.5, 0.6) is 0 Å². The summed E-state index contributed by atoms with van der Waals surface area (Å²) in [4.78, 5) is 43.7. The van der Waals surface area contributed by atoms with Gasteiger partial charge >= 0.3 is 5.97 Å². The lowest BCUT2D eigenvalue weighted by Gasteiger charge is -2.34. The zero-order valence-corrected chi connectivity index (χ0v) is 20.9. The Morgan fingerprint density at radius 3 is 1.75 bits per heavy atom. The second-order valence-electron chi connectivity index (χ2n) is 9.68. The first-order valence-corrected chi connectivity index (χ1v) is 12.3. The van der Waals surface area contributed by atoms with Crippen LogP contribution in [0.2, 0.25) is 0 Å². The van der Waals surface area contributed by atoms with Gasteiger partial charge in [0.15, 0.2) is 0 Å². The first-order chi connectivity index (χ1) is 15.3. The second kappa shape index (κ2) is 16.3. The highest BCUT2D eigenvalue weighted by molar-refractivity contribution is 5.72. The van der Waals surface area contributed by atoms with E-state index in [1.807, 2.05) is 20.8 Å². The standard InChI is InChI=1S/C24H46N4O4/c1-5-6-9-25-11-12-26(10-7-8-20-29)15-17-28(22-23(31)32-24(2,3)4)18-16-27(14-13-25)19-21-30/h20-21H,5-19,22H2,1-4H3. The van der Waals surface area contributed by atoms with Crippen molar-refractivity contribution in [2.24, 2.45) is 0 Å². The highest BCUT2D eigenvalue weighted by Crippen LogP contribution is 2.08. The third-order valence-electron chi connectivity index (χ3n) is 5.66. The minimum Gasteiger partial charge on any atom is -0.459 e. The molecule has 0 aliphatic carbocycles. The van der Waals surface area contributed by atoms with Crippen molar-refractivity contribution in [2.75, 3.05) is 78.5 Å². The van der Waals surface area contributed by atoms with Crippen LogP contribution in [-0.2, 0) is 19.1 Å². The van der Waals surface area contributed by atoms with Crippen LogP contribution < -0.4 is 0 Å². The van der Waals surface area contributed by atoms with Crippen LogP contribution in [0.4, 0.5) is 0 Å². The van der Waals surface area contributed by atoms with Gasteiger partial charge in [0.25, 0.3) is 0 Å². The van der Waals surface area contributed by atoms with Crippen molar-refractivity contribution in [2.45, 2.75) is 59.0 Å². The minimum absolute atomic E-state index is 0.218. The van der Waals surface area contributed by atoms with Crippen LogP contribution in [0.15, 0.2) is 0 Å². The van der Waals surface area contributed by atoms with E-state index in [1.54, 1.807) is 0 Å². The number of ether oxygens (including phenoxy) is 1. The molecular weight excluding hydrogens is 408 g/mol. The summed E-state index contributed by atoms with van der Waals surface area (Å²) in [5.41, 5.74) is -0.504. The van der Waals surface area contributed by atoms with Gasteiger partial charge in [-0.2, -0.15) is 0 Å². The SMILES string of the molecule is CCCCN1CCN(CC=O)CCN(CC(=O)OC(C)(C)C)CCN(CCCC=O)CC1. The van der Waals surface area contributed by atoms with E-state index in [9.17, 15) is 14.4 Å². The predicted molar refractivity (Wildman–Crippen MR) is 128 cm³/mol. The molecule has 1 aliphatic rings. The van der Waals surface area contributed by atoms with Crippen LogP contribution in [0.3, 0.4) is 0 Å². The molecular formula is C24H46N4O4. The molecule has 1 rings (SSSR count). The monoisotopic (exact) mass is 454 g/mol. The number of aldehydes is 2. The molecule has 0 atom stereocenters. The fraction of sp³-hybridized carbons (Fsp3) is 0.875. The van der Waals surface area contributed by atoms with Crippen molar-refractivity contribution >= 4 is 18.5 Å². The van der Waals surface area contributed by atoms with Crippen LogP contribution in [-0.4, -0.2) is 122 Å². The molecule has 0 N–H and O–H groups in total. The van der Waals surface area contributed by atoms with Gasteiger partial charge in [0.1, 0.15) is 18.2 Å². The molecule has 0 saturated carbocycles. The lowest BCUT2D eigenvalue weighted by atomic mass is 10.2. The van der Waals surface area contributed by atoms with Gasteiger partial charge in [-0.25, -0.2) is 0 Å². The number of hydrogen-bond acceptors (Lipinski definition) is 8. The van der Waals surface area contributed by atoms with Crippen molar-refractivity contribution < 1.29 is 19.1 Å². The lowest BCUT2D eigenvalue weighted by molar-refractivity contribution is -0.156. The Balaban J connectivity index is 2.86. The number of unbranched alkanes of at least 4 members (excludes halogenated alkanes) is 2. The average Bonchev–Trinajstić information content (AvgIpc) is 2.71. The van der Waals surface area contributed by atoms with E-state index in [0.717, 1.165) is 84.3 Å². The Morgan fingerprint density at radius 1 is 0.781 bits per heavy atom. The number of carbonyl (C=O) groups excluding carboxylic acids is 3. The van der Waals surface area contributed by atoms with Crippen LogP contribution in [0, 0.1) is 0 Å². The molecule has 186 valence electrons. The molecule has 0 unspecified atom stereocenters. The van der Waals surface area contributed by atoms with Crippen molar-refractivity contribution in [1.29, 1.82) is 0 Å². The predicted octanol–water partition coefficient (Wildman–Crippen LogP) is 1.53. The Kier molecular flexibility index (Phi) is 14.6. The Morgan fingerprint density at radius 2 is 1.28 bits per heavy atom. The van der Waals surface area contributed by atoms with E-state index < -0.39 is 5.60 Å². The maximum Gasteiger partial charge on any atom is 0.320 e. The smallest absolute Gasteiger partial charge is 0.320 e. The number of hydrogen-bond donors (Lipinski definition) is 0. The fourth-order valence-electron chi connectivity index (χ4n) is 3.81. The zero-order chi connectivity index (χ0) is 23.8. The molecule has 0 bridgehead atoms. The molecule has 8 heteroatoms. The molecule has 1 aliphatic heterocycles. The molecule has 1 heterocycles. The van der Waals surface area contributed by atoms with Crippen molar-refractivity contribution in [3.63, 3.8) is 0 Å². The average molecular weight is 455 g/mol. The third-order valence-corrected chi connectivity index (χ3v) is 5.66. The molecule has 0 radical (unpaired) electrons. The van der Waals surface area contributed by atoms with E-state index in [-0.39, 0.29) is 12.5 Å². The summed E-state index contributed by atoms with van der Waals surface area (Å²) in [7, 11) is 0. The first kappa shape index (κ1) is 28.7. The largest absolute Gasteiger partial charge is 0.459 e. The molecule has 0 spiro atoms. The van der Waals surface area contributed by atoms with E-state index in [4.69, 9.17) is 4.74 Å². The fourth-order valence-corrected chi connectivity index (χ4v) is 3.81. The number of nitrogens with zero attached hydrogens (tertiary/aromatic N) is 4. The highest BCUT2D eigenvalue weighted by atomic mass is 16.6. The van der Waals surface area contributed by atoms with E-state index in [1.165, 1.54) is 6.42 Å². The summed E-state index contributed by atoms with van der Waals surface area (Å²) in [6.07, 6.45) is 5.73. The Hall–Kier alpha value is -1.35. The number of rotatable bonds is 11. The number of carbonyl (C=O) groups is 3. The van der Waals surface area contributed by atoms with Gasteiger partial charge in [0, 0.05) is 58.8 Å². The topological polar surface area (TPSA) is 73.4 Å². The van der Waals surface area contributed by atoms with E-state index in [2.05, 4.69) is 26.5 Å². The maximum absolute atomic E-state index is 12.5. The van der Waals surface area contributed by atoms with Crippen LogP contribution in [0.1, 0.15) is 53.4 Å². The molecule has 0 aromatic carbocycles. The van der Waals surface area contributed by atoms with Gasteiger partial charge in [0.05, 0.1) is 13.1 Å². The van der Waals surface area contributed by atoms with Gasteiger partial charge in [-0.05, 0) is 46.7 Å².